The summed E-state index contributed by atoms with van der Waals surface area (Å²) in [5.74, 6) is 2.12. The number of aryl methyl sites for hydroxylation is 9. The molecule has 1 N–H and O–H groups in total. The van der Waals surface area contributed by atoms with Crippen LogP contribution in [0.2, 0.25) is 0 Å². The summed E-state index contributed by atoms with van der Waals surface area (Å²) in [7, 11) is 2.11. The Bertz CT molecular complexity index is 5710. The van der Waals surface area contributed by atoms with Crippen LogP contribution in [0, 0.1) is 55.4 Å². The topological polar surface area (TPSA) is 98.1 Å². The zero-order valence-electron chi connectivity index (χ0n) is 59.0. The number of aromatic nitrogens is 8. The minimum atomic E-state index is 0.524. The van der Waals surface area contributed by atoms with Crippen molar-refractivity contribution in [3.63, 3.8) is 0 Å². The number of rotatable bonds is 16. The van der Waals surface area contributed by atoms with Crippen molar-refractivity contribution >= 4 is 138 Å². The van der Waals surface area contributed by atoms with Crippen molar-refractivity contribution in [3.8, 4) is 45.6 Å². The van der Waals surface area contributed by atoms with Gasteiger partial charge < -0.3 is 9.55 Å². The molecule has 0 fully saturated rings. The Labute approximate surface area is 645 Å². The Hall–Kier alpha value is -9.20. The van der Waals surface area contributed by atoms with Crippen molar-refractivity contribution in [1.82, 2.24) is 39.5 Å². The summed E-state index contributed by atoms with van der Waals surface area (Å²) in [6.07, 6.45) is 0. The molecule has 12 aromatic carbocycles. The van der Waals surface area contributed by atoms with Gasteiger partial charge in [-0.1, -0.05) is 236 Å². The standard InChI is InChI=1S/C89H68N8S8/c1-50-10-26-58(27-11-50)98-66-42-43-67(99-59-28-12-51(2)13-29-59)75-74(66)82-90-83(75)92-85-77-69(101-61-32-16-53(4)17-33-61)45-47-71(103-63-36-20-55(6)21-37-63)79(77)87(94-85)96-89-81-73(105-65-40-24-57(8)25-41-65)49-48-72(104-64-38-22-56(7)23-39-64)80(81)88(97(89)9)95-86-78-70(102-62-34-18-54(5)19-35-62)46-44-68(76(78)84(91-82)93-86)100-60-30-14-52(3)15-31-60/h10-49H,1-9H3,(H,90,91,92,93,94,95,96). The lowest BCUT2D eigenvalue weighted by molar-refractivity contribution is 0.965. The molecule has 2 aliphatic rings. The lowest BCUT2D eigenvalue weighted by atomic mass is 10.1. The van der Waals surface area contributed by atoms with Crippen LogP contribution in [-0.4, -0.2) is 39.5 Å². The fourth-order valence-electron chi connectivity index (χ4n) is 12.9. The minimum Gasteiger partial charge on any atom is -0.324 e. The molecule has 0 aliphatic carbocycles. The summed E-state index contributed by atoms with van der Waals surface area (Å²) in [6, 6.07) is 88.3. The second-order valence-corrected chi connectivity index (χ2v) is 35.5. The molecule has 3 aromatic heterocycles. The first-order valence-corrected chi connectivity index (χ1v) is 41.1. The molecule has 8 bridgehead atoms. The van der Waals surface area contributed by atoms with E-state index in [0.29, 0.717) is 45.9 Å². The van der Waals surface area contributed by atoms with E-state index in [1.165, 1.54) is 44.5 Å². The van der Waals surface area contributed by atoms with E-state index < -0.39 is 0 Å². The average Bonchev–Trinajstić information content (AvgIpc) is 1.57. The molecule has 0 saturated carbocycles. The predicted molar refractivity (Wildman–Crippen MR) is 443 cm³/mol. The number of aromatic amines is 1. The molecule has 17 rings (SSSR count). The molecule has 0 spiro atoms. The molecule has 105 heavy (non-hydrogen) atoms. The molecule has 15 aromatic rings. The van der Waals surface area contributed by atoms with E-state index in [2.05, 4.69) is 315 Å². The van der Waals surface area contributed by atoms with Gasteiger partial charge in [-0.25, -0.2) is 29.9 Å². The van der Waals surface area contributed by atoms with Crippen LogP contribution in [-0.2, 0) is 7.05 Å². The zero-order valence-corrected chi connectivity index (χ0v) is 65.5. The number of nitrogens with one attached hydrogen (secondary N) is 1. The van der Waals surface area contributed by atoms with Gasteiger partial charge in [0.05, 0.1) is 0 Å². The van der Waals surface area contributed by atoms with Gasteiger partial charge in [0.1, 0.15) is 22.6 Å². The highest BCUT2D eigenvalue weighted by Crippen LogP contribution is 2.54. The van der Waals surface area contributed by atoms with Crippen LogP contribution in [0.4, 0.5) is 0 Å². The largest absolute Gasteiger partial charge is 0.324 e. The van der Waals surface area contributed by atoms with Gasteiger partial charge in [0, 0.05) is 129 Å². The molecule has 0 atom stereocenters. The molecule has 0 saturated heterocycles. The van der Waals surface area contributed by atoms with Crippen molar-refractivity contribution < 1.29 is 0 Å². The van der Waals surface area contributed by atoms with Crippen LogP contribution in [0.5, 0.6) is 0 Å². The number of hydrogen-bond acceptors (Lipinski definition) is 14. The Morgan fingerprint density at radius 2 is 0.390 bits per heavy atom. The van der Waals surface area contributed by atoms with Gasteiger partial charge in [0.15, 0.2) is 23.3 Å². The van der Waals surface area contributed by atoms with Crippen LogP contribution >= 0.6 is 94.1 Å². The summed E-state index contributed by atoms with van der Waals surface area (Å²) in [5, 5.41) is 3.70. The zero-order chi connectivity index (χ0) is 71.6. The summed E-state index contributed by atoms with van der Waals surface area (Å²) < 4.78 is 2.19. The number of hydrogen-bond donors (Lipinski definition) is 1. The maximum absolute atomic E-state index is 6.12. The Morgan fingerprint density at radius 3 is 0.610 bits per heavy atom. The molecule has 2 aliphatic heterocycles. The molecule has 0 radical (unpaired) electrons. The lowest BCUT2D eigenvalue weighted by Crippen LogP contribution is -1.94. The van der Waals surface area contributed by atoms with E-state index in [-0.39, 0.29) is 0 Å². The highest BCUT2D eigenvalue weighted by Gasteiger charge is 2.32. The first kappa shape index (κ1) is 68.9. The van der Waals surface area contributed by atoms with Crippen molar-refractivity contribution in [3.05, 3.63) is 287 Å². The van der Waals surface area contributed by atoms with Gasteiger partial charge in [-0.05, 0) is 201 Å². The molecular weight excluding hydrogens is 1440 g/mol. The van der Waals surface area contributed by atoms with Crippen molar-refractivity contribution in [2.24, 2.45) is 7.05 Å². The first-order chi connectivity index (χ1) is 51.1. The van der Waals surface area contributed by atoms with Gasteiger partial charge >= 0.3 is 0 Å². The lowest BCUT2D eigenvalue weighted by Gasteiger charge is -2.13. The molecular formula is C89H68N8S8. The third-order valence-corrected chi connectivity index (χ3v) is 27.0. The normalized spacial score (nSPS) is 11.8. The van der Waals surface area contributed by atoms with Gasteiger partial charge in [0.25, 0.3) is 0 Å². The molecule has 5 heterocycles. The van der Waals surface area contributed by atoms with E-state index in [9.17, 15) is 0 Å². The Balaban J connectivity index is 1.07. The van der Waals surface area contributed by atoms with Crippen LogP contribution in [0.15, 0.2) is 321 Å². The van der Waals surface area contributed by atoms with Crippen LogP contribution < -0.4 is 0 Å². The smallest absolute Gasteiger partial charge is 0.165 e. The van der Waals surface area contributed by atoms with E-state index in [0.717, 1.165) is 122 Å². The Kier molecular flexibility index (Phi) is 19.2. The first-order valence-electron chi connectivity index (χ1n) is 34.6. The summed E-state index contributed by atoms with van der Waals surface area (Å²) in [6.45, 7) is 17.1. The average molecular weight is 1510 g/mol. The van der Waals surface area contributed by atoms with E-state index in [1.54, 1.807) is 94.1 Å². The Morgan fingerprint density at radius 1 is 0.210 bits per heavy atom. The molecule has 0 amide bonds. The fourth-order valence-corrected chi connectivity index (χ4v) is 20.5. The van der Waals surface area contributed by atoms with E-state index in [4.69, 9.17) is 29.9 Å². The van der Waals surface area contributed by atoms with Crippen LogP contribution in [0.3, 0.4) is 0 Å². The summed E-state index contributed by atoms with van der Waals surface area (Å²) >= 11 is 13.8. The van der Waals surface area contributed by atoms with Crippen LogP contribution in [0.1, 0.15) is 44.5 Å². The maximum atomic E-state index is 6.12. The number of fused-ring (bicyclic) bond motifs is 20. The van der Waals surface area contributed by atoms with E-state index >= 15 is 0 Å². The van der Waals surface area contributed by atoms with Gasteiger partial charge in [-0.3, -0.25) is 0 Å². The quantitative estimate of drug-likeness (QED) is 0.0994. The molecule has 512 valence electrons. The van der Waals surface area contributed by atoms with E-state index in [1.807, 2.05) is 0 Å². The monoisotopic (exact) mass is 1500 g/mol. The molecule has 0 unspecified atom stereocenters. The van der Waals surface area contributed by atoms with Crippen LogP contribution in [0.25, 0.3) is 89.7 Å². The highest BCUT2D eigenvalue weighted by molar-refractivity contribution is 8.01. The minimum absolute atomic E-state index is 0.524. The SMILES string of the molecule is Cc1ccc(Sc2ccc(Sc3ccc(C)cc3)c3c2-c2nc-3nc3c4c(Sc5ccc(C)cc5)ccc(Sc5ccc(C)cc5)c4c(nc4nc(nc5[nH]c(n2)c2c(Sc6ccc(C)cc6)ccc(Sc6ccc(C)cc6)c52)-c2c(Sc5ccc(C)cc5)ccc(Sc5ccc(C)cc5)c2-4)n3C)cc1. The van der Waals surface area contributed by atoms with Crippen molar-refractivity contribution in [2.75, 3.05) is 0 Å². The summed E-state index contributed by atoms with van der Waals surface area (Å²) in [5.41, 5.74) is 15.7. The number of nitrogens with zero attached hydrogens (tertiary/aromatic N) is 7. The van der Waals surface area contributed by atoms with Gasteiger partial charge in [-0.2, -0.15) is 0 Å². The predicted octanol–water partition coefficient (Wildman–Crippen LogP) is 26.6. The number of H-pyrrole nitrogens is 1. The van der Waals surface area contributed by atoms with Gasteiger partial charge in [-0.15, -0.1) is 0 Å². The van der Waals surface area contributed by atoms with Crippen molar-refractivity contribution in [2.45, 2.75) is 134 Å². The second-order valence-electron chi connectivity index (χ2n) is 26.6. The highest BCUT2D eigenvalue weighted by atomic mass is 32.2. The second kappa shape index (κ2) is 29.3. The molecule has 8 nitrogen and oxygen atoms in total. The fraction of sp³-hybridized carbons (Fsp3) is 0.101. The molecule has 16 heteroatoms. The third-order valence-electron chi connectivity index (χ3n) is 18.5. The summed E-state index contributed by atoms with van der Waals surface area (Å²) in [4.78, 5) is 56.9. The third kappa shape index (κ3) is 14.3. The maximum Gasteiger partial charge on any atom is 0.165 e. The van der Waals surface area contributed by atoms with Gasteiger partial charge in [0.2, 0.25) is 0 Å². The van der Waals surface area contributed by atoms with Crippen molar-refractivity contribution in [1.29, 1.82) is 0 Å². The number of benzene rings is 12.